The quantitative estimate of drug-likeness (QED) is 0.868. The van der Waals surface area contributed by atoms with Gasteiger partial charge in [0.25, 0.3) is 0 Å². The second-order valence-electron chi connectivity index (χ2n) is 4.05. The van der Waals surface area contributed by atoms with E-state index in [1.807, 2.05) is 32.9 Å². The maximum atomic E-state index is 6.12. The van der Waals surface area contributed by atoms with E-state index in [1.165, 1.54) is 4.88 Å². The molecule has 15 heavy (non-hydrogen) atoms. The highest BCUT2D eigenvalue weighted by molar-refractivity contribution is 7.16. The maximum Gasteiger partial charge on any atom is 0.0931 e. The summed E-state index contributed by atoms with van der Waals surface area (Å²) in [4.78, 5) is 1.21. The number of hydrogen-bond donors (Lipinski definition) is 1. The van der Waals surface area contributed by atoms with Crippen molar-refractivity contribution in [1.29, 1.82) is 0 Å². The molecule has 0 fully saturated rings. The average molecular weight is 248 g/mol. The van der Waals surface area contributed by atoms with E-state index >= 15 is 0 Å². The van der Waals surface area contributed by atoms with Crippen LogP contribution in [0.15, 0.2) is 12.1 Å². The highest BCUT2D eigenvalue weighted by Gasteiger charge is 2.27. The fraction of sp³-hybridized carbons (Fsp3) is 0.636. The lowest BCUT2D eigenvalue weighted by Gasteiger charge is -2.31. The van der Waals surface area contributed by atoms with E-state index in [0.717, 1.165) is 10.8 Å². The normalized spacial score (nSPS) is 14.2. The van der Waals surface area contributed by atoms with Crippen LogP contribution in [0.25, 0.3) is 0 Å². The molecule has 1 heterocycles. The molecule has 1 rings (SSSR count). The van der Waals surface area contributed by atoms with Crippen LogP contribution in [0.3, 0.4) is 0 Å². The molecule has 1 atom stereocenters. The van der Waals surface area contributed by atoms with Gasteiger partial charge in [0.2, 0.25) is 0 Å². The molecule has 1 aromatic heterocycles. The van der Waals surface area contributed by atoms with Gasteiger partial charge in [-0.3, -0.25) is 0 Å². The first-order valence-electron chi connectivity index (χ1n) is 5.09. The number of halogens is 1. The van der Waals surface area contributed by atoms with Crippen molar-refractivity contribution in [2.75, 3.05) is 6.61 Å². The third-order valence-corrected chi connectivity index (χ3v) is 3.71. The monoisotopic (exact) mass is 247 g/mol. The Morgan fingerprint density at radius 1 is 1.53 bits per heavy atom. The Kier molecular flexibility index (Phi) is 4.59. The summed E-state index contributed by atoms with van der Waals surface area (Å²) >= 11 is 7.45. The summed E-state index contributed by atoms with van der Waals surface area (Å²) in [7, 11) is 0. The highest BCUT2D eigenvalue weighted by atomic mass is 35.5. The van der Waals surface area contributed by atoms with E-state index in [4.69, 9.17) is 22.1 Å². The van der Waals surface area contributed by atoms with Crippen LogP contribution in [0.5, 0.6) is 0 Å². The van der Waals surface area contributed by atoms with Crippen LogP contribution in [0.1, 0.15) is 25.6 Å². The molecular formula is C11H18ClNOS. The molecule has 0 aliphatic rings. The molecule has 0 aliphatic carbocycles. The van der Waals surface area contributed by atoms with Gasteiger partial charge in [0.05, 0.1) is 9.94 Å². The van der Waals surface area contributed by atoms with Gasteiger partial charge >= 0.3 is 0 Å². The number of rotatable bonds is 5. The van der Waals surface area contributed by atoms with Gasteiger partial charge in [-0.1, -0.05) is 11.6 Å². The molecule has 1 aromatic rings. The van der Waals surface area contributed by atoms with Crippen LogP contribution < -0.4 is 5.73 Å². The van der Waals surface area contributed by atoms with Crippen molar-refractivity contribution in [2.24, 2.45) is 5.73 Å². The predicted octanol–water partition coefficient (Wildman–Crippen LogP) is 3.09. The Morgan fingerprint density at radius 2 is 2.20 bits per heavy atom. The molecular weight excluding hydrogens is 230 g/mol. The fourth-order valence-electron chi connectivity index (χ4n) is 1.40. The zero-order valence-corrected chi connectivity index (χ0v) is 11.0. The van der Waals surface area contributed by atoms with Crippen LogP contribution in [0, 0.1) is 0 Å². The number of ether oxygens (including phenoxy) is 1. The fourth-order valence-corrected chi connectivity index (χ4v) is 2.55. The van der Waals surface area contributed by atoms with Crippen LogP contribution in [0.2, 0.25) is 4.34 Å². The Hall–Kier alpha value is -0.0900. The second kappa shape index (κ2) is 5.30. The van der Waals surface area contributed by atoms with E-state index in [-0.39, 0.29) is 11.6 Å². The lowest BCUT2D eigenvalue weighted by molar-refractivity contribution is -0.0286. The molecule has 0 saturated heterocycles. The summed E-state index contributed by atoms with van der Waals surface area (Å²) < 4.78 is 6.43. The van der Waals surface area contributed by atoms with Gasteiger partial charge in [0, 0.05) is 17.5 Å². The van der Waals surface area contributed by atoms with Crippen LogP contribution in [-0.4, -0.2) is 18.2 Å². The summed E-state index contributed by atoms with van der Waals surface area (Å²) in [5.41, 5.74) is 5.83. The van der Waals surface area contributed by atoms with E-state index in [9.17, 15) is 0 Å². The first-order valence-corrected chi connectivity index (χ1v) is 6.29. The summed E-state index contributed by atoms with van der Waals surface area (Å²) in [6.07, 6.45) is 0.810. The minimum absolute atomic E-state index is 0.00725. The summed E-state index contributed by atoms with van der Waals surface area (Å²) in [5, 5.41) is 0. The zero-order valence-electron chi connectivity index (χ0n) is 9.42. The Labute approximate surface area is 100 Å². The van der Waals surface area contributed by atoms with Crippen molar-refractivity contribution in [3.05, 3.63) is 21.3 Å². The van der Waals surface area contributed by atoms with Crippen molar-refractivity contribution in [1.82, 2.24) is 0 Å². The van der Waals surface area contributed by atoms with Crippen molar-refractivity contribution in [3.8, 4) is 0 Å². The zero-order chi connectivity index (χ0) is 11.5. The highest BCUT2D eigenvalue weighted by Crippen LogP contribution is 2.25. The van der Waals surface area contributed by atoms with E-state index in [0.29, 0.717) is 6.61 Å². The van der Waals surface area contributed by atoms with Crippen molar-refractivity contribution < 1.29 is 4.74 Å². The second-order valence-corrected chi connectivity index (χ2v) is 5.85. The first-order chi connectivity index (χ1) is 6.95. The minimum atomic E-state index is -0.286. The molecule has 86 valence electrons. The molecule has 2 N–H and O–H groups in total. The molecule has 0 spiro atoms. The van der Waals surface area contributed by atoms with Gasteiger partial charge in [-0.05, 0) is 39.3 Å². The van der Waals surface area contributed by atoms with Gasteiger partial charge < -0.3 is 10.5 Å². The maximum absolute atomic E-state index is 6.12. The van der Waals surface area contributed by atoms with Crippen LogP contribution in [0.4, 0.5) is 0 Å². The molecule has 0 saturated carbocycles. The van der Waals surface area contributed by atoms with E-state index in [2.05, 4.69) is 0 Å². The lowest BCUT2D eigenvalue weighted by atomic mass is 9.96. The van der Waals surface area contributed by atoms with Gasteiger partial charge in [-0.15, -0.1) is 11.3 Å². The number of thiophene rings is 1. The summed E-state index contributed by atoms with van der Waals surface area (Å²) in [5.74, 6) is 0. The predicted molar refractivity (Wildman–Crippen MR) is 66.7 cm³/mol. The topological polar surface area (TPSA) is 35.2 Å². The first kappa shape index (κ1) is 13.0. The number of nitrogens with two attached hydrogens (primary N) is 1. The summed E-state index contributed by atoms with van der Waals surface area (Å²) in [6.45, 7) is 6.72. The van der Waals surface area contributed by atoms with Crippen LogP contribution in [-0.2, 0) is 11.2 Å². The van der Waals surface area contributed by atoms with E-state index < -0.39 is 0 Å². The van der Waals surface area contributed by atoms with Gasteiger partial charge in [0.1, 0.15) is 0 Å². The Balaban J connectivity index is 2.58. The molecule has 4 heteroatoms. The molecule has 0 aromatic carbocycles. The van der Waals surface area contributed by atoms with Crippen molar-refractivity contribution >= 4 is 22.9 Å². The lowest BCUT2D eigenvalue weighted by Crippen LogP contribution is -2.46. The Bertz CT molecular complexity index is 311. The van der Waals surface area contributed by atoms with Crippen LogP contribution >= 0.6 is 22.9 Å². The third-order valence-electron chi connectivity index (χ3n) is 2.46. The van der Waals surface area contributed by atoms with Gasteiger partial charge in [-0.25, -0.2) is 0 Å². The standard InChI is InChI=1S/C11H18ClNOS/c1-4-14-11(2,3)9(13)7-8-5-6-10(12)15-8/h5-6,9H,4,7,13H2,1-3H3. The molecule has 0 bridgehead atoms. The minimum Gasteiger partial charge on any atom is -0.374 e. The molecule has 0 aliphatic heterocycles. The largest absolute Gasteiger partial charge is 0.374 e. The Morgan fingerprint density at radius 3 is 2.67 bits per heavy atom. The molecule has 0 radical (unpaired) electrons. The smallest absolute Gasteiger partial charge is 0.0931 e. The van der Waals surface area contributed by atoms with Gasteiger partial charge in [0.15, 0.2) is 0 Å². The number of hydrogen-bond acceptors (Lipinski definition) is 3. The SMILES string of the molecule is CCOC(C)(C)C(N)Cc1ccc(Cl)s1. The molecule has 1 unspecified atom stereocenters. The molecule has 2 nitrogen and oxygen atoms in total. The van der Waals surface area contributed by atoms with Crippen molar-refractivity contribution in [2.45, 2.75) is 38.8 Å². The average Bonchev–Trinajstić information content (AvgIpc) is 2.51. The summed E-state index contributed by atoms with van der Waals surface area (Å²) in [6, 6.07) is 3.92. The molecule has 0 amide bonds. The van der Waals surface area contributed by atoms with Crippen molar-refractivity contribution in [3.63, 3.8) is 0 Å². The van der Waals surface area contributed by atoms with Gasteiger partial charge in [-0.2, -0.15) is 0 Å². The van der Waals surface area contributed by atoms with E-state index in [1.54, 1.807) is 11.3 Å². The third kappa shape index (κ3) is 3.76.